The Hall–Kier alpha value is -1.16. The summed E-state index contributed by atoms with van der Waals surface area (Å²) in [5.41, 5.74) is 0.977. The van der Waals surface area contributed by atoms with Crippen molar-refractivity contribution in [2.75, 3.05) is 7.11 Å². The zero-order valence-corrected chi connectivity index (χ0v) is 10.0. The van der Waals surface area contributed by atoms with E-state index < -0.39 is 5.97 Å². The van der Waals surface area contributed by atoms with E-state index in [2.05, 4.69) is 9.97 Å². The molecule has 0 aromatic carbocycles. The van der Waals surface area contributed by atoms with E-state index in [0.717, 1.165) is 12.8 Å². The first-order chi connectivity index (χ1) is 7.67. The second-order valence-electron chi connectivity index (χ2n) is 3.82. The Bertz CT molecular complexity index is 430. The van der Waals surface area contributed by atoms with Crippen LogP contribution in [-0.2, 0) is 11.2 Å². The summed E-state index contributed by atoms with van der Waals surface area (Å²) in [7, 11) is 1.34. The Kier molecular flexibility index (Phi) is 3.10. The number of carbonyl (C=O) groups excluding carboxylic acids is 1. The van der Waals surface area contributed by atoms with E-state index in [4.69, 9.17) is 16.3 Å². The van der Waals surface area contributed by atoms with Gasteiger partial charge in [-0.2, -0.15) is 0 Å². The molecule has 86 valence electrons. The van der Waals surface area contributed by atoms with Crippen molar-refractivity contribution < 1.29 is 9.53 Å². The fourth-order valence-electron chi connectivity index (χ4n) is 1.58. The second-order valence-corrected chi connectivity index (χ2v) is 4.18. The molecule has 1 fully saturated rings. The van der Waals surface area contributed by atoms with Crippen LogP contribution in [0.15, 0.2) is 0 Å². The van der Waals surface area contributed by atoms with Gasteiger partial charge in [0.25, 0.3) is 0 Å². The molecule has 0 bridgehead atoms. The smallest absolute Gasteiger partial charge is 0.357 e. The minimum Gasteiger partial charge on any atom is -0.464 e. The van der Waals surface area contributed by atoms with Gasteiger partial charge in [-0.3, -0.25) is 0 Å². The highest BCUT2D eigenvalue weighted by atomic mass is 35.5. The molecule has 0 amide bonds. The van der Waals surface area contributed by atoms with Gasteiger partial charge in [-0.1, -0.05) is 18.5 Å². The lowest BCUT2D eigenvalue weighted by molar-refractivity contribution is 0.0592. The van der Waals surface area contributed by atoms with Crippen molar-refractivity contribution in [1.82, 2.24) is 9.97 Å². The Morgan fingerprint density at radius 1 is 1.50 bits per heavy atom. The lowest BCUT2D eigenvalue weighted by Crippen LogP contribution is -2.12. The third kappa shape index (κ3) is 2.02. The predicted molar refractivity (Wildman–Crippen MR) is 59.7 cm³/mol. The summed E-state index contributed by atoms with van der Waals surface area (Å²) in [6.45, 7) is 1.91. The Morgan fingerprint density at radius 2 is 2.19 bits per heavy atom. The van der Waals surface area contributed by atoms with Gasteiger partial charge in [0.2, 0.25) is 0 Å². The summed E-state index contributed by atoms with van der Waals surface area (Å²) in [5.74, 6) is 0.595. The number of esters is 1. The van der Waals surface area contributed by atoms with Gasteiger partial charge in [0.1, 0.15) is 11.0 Å². The number of hydrogen-bond acceptors (Lipinski definition) is 4. The molecule has 0 aliphatic heterocycles. The van der Waals surface area contributed by atoms with E-state index >= 15 is 0 Å². The molecule has 1 heterocycles. The van der Waals surface area contributed by atoms with Crippen molar-refractivity contribution in [3.63, 3.8) is 0 Å². The van der Waals surface area contributed by atoms with Crippen LogP contribution < -0.4 is 0 Å². The van der Waals surface area contributed by atoms with Gasteiger partial charge in [0.15, 0.2) is 5.69 Å². The maximum atomic E-state index is 11.6. The Morgan fingerprint density at radius 3 is 2.69 bits per heavy atom. The number of nitrogens with zero attached hydrogens (tertiary/aromatic N) is 2. The average molecular weight is 241 g/mol. The van der Waals surface area contributed by atoms with E-state index in [9.17, 15) is 4.79 Å². The predicted octanol–water partition coefficient (Wildman–Crippen LogP) is 2.36. The third-order valence-corrected chi connectivity index (χ3v) is 2.96. The fourth-order valence-corrected chi connectivity index (χ4v) is 1.89. The van der Waals surface area contributed by atoms with Gasteiger partial charge in [0, 0.05) is 11.5 Å². The van der Waals surface area contributed by atoms with Crippen molar-refractivity contribution in [2.45, 2.75) is 32.1 Å². The zero-order chi connectivity index (χ0) is 11.7. The maximum Gasteiger partial charge on any atom is 0.357 e. The SMILES string of the molecule is CCc1c(Cl)nc(C2CC2)nc1C(=O)OC. The standard InChI is InChI=1S/C11H13ClN2O2/c1-3-7-8(11(15)16-2)13-10(6-4-5-6)14-9(7)12/h6H,3-5H2,1-2H3. The number of halogens is 1. The van der Waals surface area contributed by atoms with Crippen LogP contribution in [0.1, 0.15) is 47.6 Å². The van der Waals surface area contributed by atoms with E-state index in [1.165, 1.54) is 7.11 Å². The topological polar surface area (TPSA) is 52.1 Å². The number of aromatic nitrogens is 2. The van der Waals surface area contributed by atoms with Gasteiger partial charge < -0.3 is 4.74 Å². The van der Waals surface area contributed by atoms with Crippen LogP contribution in [0.3, 0.4) is 0 Å². The van der Waals surface area contributed by atoms with E-state index in [1.807, 2.05) is 6.92 Å². The van der Waals surface area contributed by atoms with Crippen LogP contribution in [0.4, 0.5) is 0 Å². The first-order valence-corrected chi connectivity index (χ1v) is 5.69. The summed E-state index contributed by atoms with van der Waals surface area (Å²) in [6.07, 6.45) is 2.76. The Labute approximate surface area is 99.0 Å². The molecule has 5 heteroatoms. The Balaban J connectivity index is 2.48. The molecule has 0 spiro atoms. The molecule has 1 aliphatic carbocycles. The summed E-state index contributed by atoms with van der Waals surface area (Å²) in [6, 6.07) is 0. The molecule has 1 aromatic rings. The number of carbonyl (C=O) groups is 1. The highest BCUT2D eigenvalue weighted by Crippen LogP contribution is 2.39. The molecule has 0 N–H and O–H groups in total. The van der Waals surface area contributed by atoms with Gasteiger partial charge in [0.05, 0.1) is 7.11 Å². The zero-order valence-electron chi connectivity index (χ0n) is 9.29. The first kappa shape index (κ1) is 11.3. The van der Waals surface area contributed by atoms with Crippen LogP contribution in [0, 0.1) is 0 Å². The molecule has 1 saturated carbocycles. The lowest BCUT2D eigenvalue weighted by Gasteiger charge is -2.08. The van der Waals surface area contributed by atoms with Crippen molar-refractivity contribution in [3.8, 4) is 0 Å². The minimum absolute atomic E-state index is 0.312. The van der Waals surface area contributed by atoms with Crippen molar-refractivity contribution >= 4 is 17.6 Å². The summed E-state index contributed by atoms with van der Waals surface area (Å²) < 4.78 is 4.70. The largest absolute Gasteiger partial charge is 0.464 e. The maximum absolute atomic E-state index is 11.6. The third-order valence-electron chi connectivity index (χ3n) is 2.65. The molecule has 16 heavy (non-hydrogen) atoms. The van der Waals surface area contributed by atoms with E-state index in [0.29, 0.717) is 34.6 Å². The quantitative estimate of drug-likeness (QED) is 0.601. The summed E-state index contributed by atoms with van der Waals surface area (Å²) in [4.78, 5) is 20.1. The van der Waals surface area contributed by atoms with Gasteiger partial charge >= 0.3 is 5.97 Å². The van der Waals surface area contributed by atoms with Crippen LogP contribution in [0.5, 0.6) is 0 Å². The number of rotatable bonds is 3. The van der Waals surface area contributed by atoms with Gasteiger partial charge in [-0.05, 0) is 19.3 Å². The molecular formula is C11H13ClN2O2. The highest BCUT2D eigenvalue weighted by molar-refractivity contribution is 6.30. The van der Waals surface area contributed by atoms with Crippen LogP contribution >= 0.6 is 11.6 Å². The highest BCUT2D eigenvalue weighted by Gasteiger charge is 2.29. The molecule has 0 radical (unpaired) electrons. The molecule has 0 atom stereocenters. The molecule has 2 rings (SSSR count). The van der Waals surface area contributed by atoms with Crippen LogP contribution in [-0.4, -0.2) is 23.0 Å². The van der Waals surface area contributed by atoms with Gasteiger partial charge in [-0.15, -0.1) is 0 Å². The first-order valence-electron chi connectivity index (χ1n) is 5.32. The van der Waals surface area contributed by atoms with Gasteiger partial charge in [-0.25, -0.2) is 14.8 Å². The molecule has 0 saturated heterocycles. The van der Waals surface area contributed by atoms with Crippen LogP contribution in [0.25, 0.3) is 0 Å². The lowest BCUT2D eigenvalue weighted by atomic mass is 10.1. The minimum atomic E-state index is -0.442. The molecular weight excluding hydrogens is 228 g/mol. The monoisotopic (exact) mass is 240 g/mol. The molecule has 1 aliphatic rings. The molecule has 1 aromatic heterocycles. The molecule has 0 unspecified atom stereocenters. The fraction of sp³-hybridized carbons (Fsp3) is 0.545. The summed E-state index contributed by atoms with van der Waals surface area (Å²) in [5, 5.41) is 0.375. The molecule has 4 nitrogen and oxygen atoms in total. The van der Waals surface area contributed by atoms with Crippen molar-refractivity contribution in [3.05, 3.63) is 22.2 Å². The normalized spacial score (nSPS) is 14.9. The number of hydrogen-bond donors (Lipinski definition) is 0. The number of ether oxygens (including phenoxy) is 1. The second kappa shape index (κ2) is 4.37. The van der Waals surface area contributed by atoms with Crippen LogP contribution in [0.2, 0.25) is 5.15 Å². The van der Waals surface area contributed by atoms with E-state index in [-0.39, 0.29) is 0 Å². The van der Waals surface area contributed by atoms with Crippen molar-refractivity contribution in [2.24, 2.45) is 0 Å². The summed E-state index contributed by atoms with van der Waals surface area (Å²) >= 11 is 6.05. The number of methoxy groups -OCH3 is 1. The average Bonchev–Trinajstić information content (AvgIpc) is 3.10. The van der Waals surface area contributed by atoms with E-state index in [1.54, 1.807) is 0 Å². The van der Waals surface area contributed by atoms with Crippen molar-refractivity contribution in [1.29, 1.82) is 0 Å².